The zero-order valence-electron chi connectivity index (χ0n) is 7.62. The molecule has 1 aliphatic heterocycles. The molecule has 0 aromatic carbocycles. The van der Waals surface area contributed by atoms with E-state index in [4.69, 9.17) is 9.78 Å². The van der Waals surface area contributed by atoms with Gasteiger partial charge in [-0.05, 0) is 39.0 Å². The molecular weight excluding hydrogens is 156 g/mol. The highest BCUT2D eigenvalue weighted by atomic mass is 17.2. The van der Waals surface area contributed by atoms with Crippen LogP contribution in [-0.4, -0.2) is 22.9 Å². The Labute approximate surface area is 72.6 Å². The van der Waals surface area contributed by atoms with Crippen LogP contribution in [0, 0.1) is 5.92 Å². The normalized spacial score (nSPS) is 53.8. The van der Waals surface area contributed by atoms with E-state index in [-0.39, 0.29) is 12.2 Å². The van der Waals surface area contributed by atoms with E-state index >= 15 is 0 Å². The van der Waals surface area contributed by atoms with Gasteiger partial charge < -0.3 is 5.11 Å². The summed E-state index contributed by atoms with van der Waals surface area (Å²) in [6.45, 7) is 3.86. The Morgan fingerprint density at radius 3 is 2.92 bits per heavy atom. The molecule has 1 saturated heterocycles. The summed E-state index contributed by atoms with van der Waals surface area (Å²) in [5.74, 6) is 0.573. The lowest BCUT2D eigenvalue weighted by molar-refractivity contribution is -0.413. The summed E-state index contributed by atoms with van der Waals surface area (Å²) in [6.07, 6.45) is 2.89. The van der Waals surface area contributed by atoms with Gasteiger partial charge in [-0.1, -0.05) is 0 Å². The minimum Gasteiger partial charge on any atom is -0.387 e. The zero-order valence-corrected chi connectivity index (χ0v) is 7.62. The van der Waals surface area contributed by atoms with E-state index in [9.17, 15) is 5.11 Å². The average Bonchev–Trinajstić information content (AvgIpc) is 2.02. The average molecular weight is 172 g/mol. The first kappa shape index (κ1) is 8.48. The summed E-state index contributed by atoms with van der Waals surface area (Å²) < 4.78 is 0. The summed E-state index contributed by atoms with van der Waals surface area (Å²) in [7, 11) is 0. The monoisotopic (exact) mass is 172 g/mol. The quantitative estimate of drug-likeness (QED) is 0.559. The molecule has 70 valence electrons. The van der Waals surface area contributed by atoms with Crippen LogP contribution in [0.3, 0.4) is 0 Å². The third kappa shape index (κ3) is 1.26. The molecule has 3 nitrogen and oxygen atoms in total. The Morgan fingerprint density at radius 1 is 1.42 bits per heavy atom. The molecule has 1 N–H and O–H groups in total. The highest BCUT2D eigenvalue weighted by Gasteiger charge is 2.45. The smallest absolute Gasteiger partial charge is 0.122 e. The maximum atomic E-state index is 9.87. The second-order valence-corrected chi connectivity index (χ2v) is 4.28. The zero-order chi connectivity index (χ0) is 8.77. The van der Waals surface area contributed by atoms with Crippen LogP contribution in [0.5, 0.6) is 0 Å². The standard InChI is InChI=1S/C9H16O3/c1-6-7-3-4-9(2,10)8(5-7)12-11-6/h6-8,10H,3-5H2,1-2H3. The predicted octanol–water partition coefficient (Wildman–Crippen LogP) is 1.26. The lowest BCUT2D eigenvalue weighted by Crippen LogP contribution is -2.51. The summed E-state index contributed by atoms with van der Waals surface area (Å²) in [6, 6.07) is 0. The van der Waals surface area contributed by atoms with Crippen molar-refractivity contribution >= 4 is 0 Å². The molecule has 12 heavy (non-hydrogen) atoms. The van der Waals surface area contributed by atoms with Gasteiger partial charge in [0.25, 0.3) is 0 Å². The fourth-order valence-corrected chi connectivity index (χ4v) is 2.09. The molecule has 2 aliphatic rings. The van der Waals surface area contributed by atoms with Crippen LogP contribution in [0.2, 0.25) is 0 Å². The van der Waals surface area contributed by atoms with Gasteiger partial charge in [-0.2, -0.15) is 0 Å². The van der Waals surface area contributed by atoms with Crippen molar-refractivity contribution in [3.05, 3.63) is 0 Å². The van der Waals surface area contributed by atoms with Crippen LogP contribution in [0.4, 0.5) is 0 Å². The Balaban J connectivity index is 2.09. The first-order chi connectivity index (χ1) is 5.59. The number of hydrogen-bond donors (Lipinski definition) is 1. The molecule has 0 spiro atoms. The fraction of sp³-hybridized carbons (Fsp3) is 1.00. The lowest BCUT2D eigenvalue weighted by Gasteiger charge is -2.45. The summed E-state index contributed by atoms with van der Waals surface area (Å²) in [5.41, 5.74) is -0.684. The second kappa shape index (κ2) is 2.69. The van der Waals surface area contributed by atoms with Crippen LogP contribution in [-0.2, 0) is 9.78 Å². The lowest BCUT2D eigenvalue weighted by atomic mass is 9.75. The van der Waals surface area contributed by atoms with Crippen LogP contribution < -0.4 is 0 Å². The molecule has 2 fully saturated rings. The molecule has 2 rings (SSSR count). The minimum absolute atomic E-state index is 0.118. The minimum atomic E-state index is -0.684. The van der Waals surface area contributed by atoms with Gasteiger partial charge in [-0.3, -0.25) is 0 Å². The number of fused-ring (bicyclic) bond motifs is 2. The van der Waals surface area contributed by atoms with Gasteiger partial charge in [0.05, 0.1) is 11.7 Å². The Bertz CT molecular complexity index is 179. The molecule has 0 aromatic heterocycles. The van der Waals surface area contributed by atoms with Crippen LogP contribution in [0.25, 0.3) is 0 Å². The molecule has 2 bridgehead atoms. The Morgan fingerprint density at radius 2 is 2.17 bits per heavy atom. The fourth-order valence-electron chi connectivity index (χ4n) is 2.09. The van der Waals surface area contributed by atoms with Crippen LogP contribution in [0.15, 0.2) is 0 Å². The van der Waals surface area contributed by atoms with E-state index in [0.717, 1.165) is 19.3 Å². The third-order valence-electron chi connectivity index (χ3n) is 3.22. The van der Waals surface area contributed by atoms with E-state index in [1.165, 1.54) is 0 Å². The topological polar surface area (TPSA) is 38.7 Å². The van der Waals surface area contributed by atoms with E-state index < -0.39 is 5.60 Å². The van der Waals surface area contributed by atoms with Crippen LogP contribution >= 0.6 is 0 Å². The van der Waals surface area contributed by atoms with E-state index in [1.54, 1.807) is 0 Å². The molecule has 1 aliphatic carbocycles. The third-order valence-corrected chi connectivity index (χ3v) is 3.22. The van der Waals surface area contributed by atoms with Gasteiger partial charge in [-0.15, -0.1) is 0 Å². The van der Waals surface area contributed by atoms with Crippen molar-refractivity contribution in [2.24, 2.45) is 5.92 Å². The predicted molar refractivity (Wildman–Crippen MR) is 43.4 cm³/mol. The van der Waals surface area contributed by atoms with Crippen LogP contribution in [0.1, 0.15) is 33.1 Å². The molecule has 0 radical (unpaired) electrons. The largest absolute Gasteiger partial charge is 0.387 e. The summed E-state index contributed by atoms with van der Waals surface area (Å²) >= 11 is 0. The van der Waals surface area contributed by atoms with Gasteiger partial charge in [0, 0.05) is 0 Å². The van der Waals surface area contributed by atoms with Gasteiger partial charge in [0.15, 0.2) is 0 Å². The molecule has 3 heteroatoms. The van der Waals surface area contributed by atoms with Crippen molar-refractivity contribution in [1.82, 2.24) is 0 Å². The van der Waals surface area contributed by atoms with Gasteiger partial charge in [0.2, 0.25) is 0 Å². The maximum Gasteiger partial charge on any atom is 0.122 e. The highest BCUT2D eigenvalue weighted by molar-refractivity contribution is 4.92. The molecule has 0 amide bonds. The SMILES string of the molecule is CC1OOC2CC1CCC2(C)O. The van der Waals surface area contributed by atoms with Crippen molar-refractivity contribution < 1.29 is 14.9 Å². The van der Waals surface area contributed by atoms with E-state index in [1.807, 2.05) is 13.8 Å². The molecule has 4 atom stereocenters. The van der Waals surface area contributed by atoms with Crippen molar-refractivity contribution in [3.8, 4) is 0 Å². The number of aliphatic hydroxyl groups is 1. The van der Waals surface area contributed by atoms with E-state index in [0.29, 0.717) is 5.92 Å². The molecule has 0 aromatic rings. The number of rotatable bonds is 0. The maximum absolute atomic E-state index is 9.87. The van der Waals surface area contributed by atoms with E-state index in [2.05, 4.69) is 0 Å². The molecule has 1 heterocycles. The molecule has 1 saturated carbocycles. The first-order valence-corrected chi connectivity index (χ1v) is 4.64. The molecular formula is C9H16O3. The van der Waals surface area contributed by atoms with Gasteiger partial charge in [0.1, 0.15) is 6.10 Å². The molecule has 4 unspecified atom stereocenters. The summed E-state index contributed by atoms with van der Waals surface area (Å²) in [5, 5.41) is 9.87. The Kier molecular flexibility index (Phi) is 1.90. The number of hydrogen-bond acceptors (Lipinski definition) is 3. The highest BCUT2D eigenvalue weighted by Crippen LogP contribution is 2.39. The van der Waals surface area contributed by atoms with Gasteiger partial charge >= 0.3 is 0 Å². The van der Waals surface area contributed by atoms with Crippen molar-refractivity contribution in [2.45, 2.75) is 50.9 Å². The second-order valence-electron chi connectivity index (χ2n) is 4.28. The van der Waals surface area contributed by atoms with Crippen molar-refractivity contribution in [1.29, 1.82) is 0 Å². The van der Waals surface area contributed by atoms with Crippen molar-refractivity contribution in [3.63, 3.8) is 0 Å². The first-order valence-electron chi connectivity index (χ1n) is 4.64. The Hall–Kier alpha value is -0.120. The van der Waals surface area contributed by atoms with Crippen molar-refractivity contribution in [2.75, 3.05) is 0 Å². The van der Waals surface area contributed by atoms with Gasteiger partial charge in [-0.25, -0.2) is 9.78 Å². The summed E-state index contributed by atoms with van der Waals surface area (Å²) in [4.78, 5) is 10.2.